The number of hydrogen-bond donors (Lipinski definition) is 1. The molecule has 3 heterocycles. The van der Waals surface area contributed by atoms with Crippen LogP contribution in [0.3, 0.4) is 0 Å². The number of amides is 1. The molecule has 0 saturated carbocycles. The van der Waals surface area contributed by atoms with Gasteiger partial charge in [0, 0.05) is 31.7 Å². The van der Waals surface area contributed by atoms with E-state index < -0.39 is 0 Å². The van der Waals surface area contributed by atoms with Crippen LogP contribution in [0.25, 0.3) is 0 Å². The molecule has 0 bridgehead atoms. The molecule has 0 spiro atoms. The Kier molecular flexibility index (Phi) is 6.31. The standard InChI is InChI=1S/C18H32N2O3/c1-14-12-15(5-8-19-14)18(21)20-9-6-16(7-10-20)23-13-17-4-2-3-11-22-17/h14-17,19H,2-13H2,1H3/t14-,15-,17?/m0/s1. The number of hydrogen-bond acceptors (Lipinski definition) is 4. The highest BCUT2D eigenvalue weighted by Crippen LogP contribution is 2.23. The van der Waals surface area contributed by atoms with E-state index in [4.69, 9.17) is 9.47 Å². The maximum Gasteiger partial charge on any atom is 0.225 e. The topological polar surface area (TPSA) is 50.8 Å². The molecule has 0 aromatic rings. The van der Waals surface area contributed by atoms with Crippen LogP contribution in [0.1, 0.15) is 51.9 Å². The van der Waals surface area contributed by atoms with Gasteiger partial charge in [0.2, 0.25) is 5.91 Å². The lowest BCUT2D eigenvalue weighted by molar-refractivity contribution is -0.140. The van der Waals surface area contributed by atoms with E-state index in [1.54, 1.807) is 0 Å². The zero-order valence-corrected chi connectivity index (χ0v) is 14.5. The second kappa shape index (κ2) is 8.45. The van der Waals surface area contributed by atoms with E-state index in [-0.39, 0.29) is 5.92 Å². The Morgan fingerprint density at radius 3 is 2.74 bits per heavy atom. The molecule has 0 radical (unpaired) electrons. The summed E-state index contributed by atoms with van der Waals surface area (Å²) >= 11 is 0. The van der Waals surface area contributed by atoms with Gasteiger partial charge in [0.25, 0.3) is 0 Å². The van der Waals surface area contributed by atoms with Crippen molar-refractivity contribution in [2.24, 2.45) is 5.92 Å². The average molecular weight is 324 g/mol. The van der Waals surface area contributed by atoms with E-state index in [0.29, 0.717) is 24.2 Å². The maximum atomic E-state index is 12.6. The predicted octanol–water partition coefficient (Wildman–Crippen LogP) is 1.95. The van der Waals surface area contributed by atoms with Crippen molar-refractivity contribution >= 4 is 5.91 Å². The molecule has 3 atom stereocenters. The molecule has 0 aromatic heterocycles. The number of likely N-dealkylation sites (tertiary alicyclic amines) is 1. The van der Waals surface area contributed by atoms with Crippen molar-refractivity contribution in [3.63, 3.8) is 0 Å². The SMILES string of the molecule is C[C@H]1C[C@@H](C(=O)N2CCC(OCC3CCCCO3)CC2)CCN1. The minimum Gasteiger partial charge on any atom is -0.376 e. The summed E-state index contributed by atoms with van der Waals surface area (Å²) in [4.78, 5) is 14.7. The molecule has 23 heavy (non-hydrogen) atoms. The zero-order chi connectivity index (χ0) is 16.1. The first-order valence-corrected chi connectivity index (χ1v) is 9.47. The molecular formula is C18H32N2O3. The molecule has 3 fully saturated rings. The summed E-state index contributed by atoms with van der Waals surface area (Å²) in [7, 11) is 0. The van der Waals surface area contributed by atoms with Gasteiger partial charge in [-0.1, -0.05) is 0 Å². The highest BCUT2D eigenvalue weighted by molar-refractivity contribution is 5.79. The molecular weight excluding hydrogens is 292 g/mol. The highest BCUT2D eigenvalue weighted by Gasteiger charge is 2.31. The Morgan fingerprint density at radius 1 is 1.22 bits per heavy atom. The Morgan fingerprint density at radius 2 is 2.04 bits per heavy atom. The molecule has 5 heteroatoms. The number of nitrogens with one attached hydrogen (secondary N) is 1. The lowest BCUT2D eigenvalue weighted by Gasteiger charge is -2.36. The Labute approximate surface area is 140 Å². The van der Waals surface area contributed by atoms with E-state index in [1.165, 1.54) is 12.8 Å². The molecule has 132 valence electrons. The van der Waals surface area contributed by atoms with E-state index >= 15 is 0 Å². The third-order valence-corrected chi connectivity index (χ3v) is 5.52. The van der Waals surface area contributed by atoms with Gasteiger partial charge in [-0.2, -0.15) is 0 Å². The van der Waals surface area contributed by atoms with Crippen LogP contribution in [0.15, 0.2) is 0 Å². The fourth-order valence-corrected chi connectivity index (χ4v) is 4.04. The summed E-state index contributed by atoms with van der Waals surface area (Å²) < 4.78 is 11.8. The van der Waals surface area contributed by atoms with Crippen LogP contribution >= 0.6 is 0 Å². The van der Waals surface area contributed by atoms with E-state index in [2.05, 4.69) is 17.1 Å². The Balaban J connectivity index is 1.36. The van der Waals surface area contributed by atoms with E-state index in [9.17, 15) is 4.79 Å². The van der Waals surface area contributed by atoms with Crippen molar-refractivity contribution in [1.82, 2.24) is 10.2 Å². The Hall–Kier alpha value is -0.650. The number of carbonyl (C=O) groups excluding carboxylic acids is 1. The van der Waals surface area contributed by atoms with Crippen LogP contribution < -0.4 is 5.32 Å². The predicted molar refractivity (Wildman–Crippen MR) is 89.3 cm³/mol. The van der Waals surface area contributed by atoms with Gasteiger partial charge in [0.15, 0.2) is 0 Å². The molecule has 3 aliphatic rings. The van der Waals surface area contributed by atoms with Crippen molar-refractivity contribution in [2.75, 3.05) is 32.8 Å². The van der Waals surface area contributed by atoms with Gasteiger partial charge < -0.3 is 19.7 Å². The Bertz CT molecular complexity index is 376. The monoisotopic (exact) mass is 324 g/mol. The van der Waals surface area contributed by atoms with Crippen LogP contribution in [0.4, 0.5) is 0 Å². The van der Waals surface area contributed by atoms with Crippen molar-refractivity contribution in [1.29, 1.82) is 0 Å². The first-order valence-electron chi connectivity index (χ1n) is 9.47. The highest BCUT2D eigenvalue weighted by atomic mass is 16.5. The average Bonchev–Trinajstić information content (AvgIpc) is 2.61. The summed E-state index contributed by atoms with van der Waals surface area (Å²) in [6.45, 7) is 6.46. The van der Waals surface area contributed by atoms with E-state index in [0.717, 1.165) is 65.0 Å². The minimum atomic E-state index is 0.222. The first kappa shape index (κ1) is 17.2. The summed E-state index contributed by atoms with van der Waals surface area (Å²) in [6, 6.07) is 0.467. The zero-order valence-electron chi connectivity index (χ0n) is 14.5. The summed E-state index contributed by atoms with van der Waals surface area (Å²) in [5.41, 5.74) is 0. The molecule has 3 saturated heterocycles. The molecule has 1 unspecified atom stereocenters. The van der Waals surface area contributed by atoms with Crippen LogP contribution in [-0.2, 0) is 14.3 Å². The number of ether oxygens (including phenoxy) is 2. The molecule has 1 amide bonds. The van der Waals surface area contributed by atoms with Crippen LogP contribution in [0, 0.1) is 5.92 Å². The number of piperidine rings is 2. The van der Waals surface area contributed by atoms with Gasteiger partial charge in [0.05, 0.1) is 18.8 Å². The molecule has 1 N–H and O–H groups in total. The number of rotatable bonds is 4. The minimum absolute atomic E-state index is 0.222. The van der Waals surface area contributed by atoms with Gasteiger partial charge in [-0.25, -0.2) is 0 Å². The van der Waals surface area contributed by atoms with Crippen LogP contribution in [0.5, 0.6) is 0 Å². The lowest BCUT2D eigenvalue weighted by Crippen LogP contribution is -2.47. The second-order valence-electron chi connectivity index (χ2n) is 7.42. The van der Waals surface area contributed by atoms with Gasteiger partial charge in [0.1, 0.15) is 0 Å². The number of nitrogens with zero attached hydrogens (tertiary/aromatic N) is 1. The van der Waals surface area contributed by atoms with E-state index in [1.807, 2.05) is 0 Å². The first-order chi connectivity index (χ1) is 11.2. The third kappa shape index (κ3) is 4.91. The summed E-state index contributed by atoms with van der Waals surface area (Å²) in [6.07, 6.45) is 8.08. The summed E-state index contributed by atoms with van der Waals surface area (Å²) in [5, 5.41) is 3.42. The normalized spacial score (nSPS) is 33.6. The van der Waals surface area contributed by atoms with Crippen molar-refractivity contribution < 1.29 is 14.3 Å². The van der Waals surface area contributed by atoms with Crippen molar-refractivity contribution in [3.05, 3.63) is 0 Å². The van der Waals surface area contributed by atoms with Crippen molar-refractivity contribution in [3.8, 4) is 0 Å². The molecule has 0 aromatic carbocycles. The van der Waals surface area contributed by atoms with Gasteiger partial charge >= 0.3 is 0 Å². The largest absolute Gasteiger partial charge is 0.376 e. The number of carbonyl (C=O) groups is 1. The fraction of sp³-hybridized carbons (Fsp3) is 0.944. The fourth-order valence-electron chi connectivity index (χ4n) is 4.04. The molecule has 3 rings (SSSR count). The summed E-state index contributed by atoms with van der Waals surface area (Å²) in [5.74, 6) is 0.590. The molecule has 5 nitrogen and oxygen atoms in total. The molecule has 0 aliphatic carbocycles. The second-order valence-corrected chi connectivity index (χ2v) is 7.42. The maximum absolute atomic E-state index is 12.6. The van der Waals surface area contributed by atoms with Gasteiger partial charge in [-0.15, -0.1) is 0 Å². The molecule has 3 aliphatic heterocycles. The van der Waals surface area contributed by atoms with Crippen LogP contribution in [0.2, 0.25) is 0 Å². The smallest absolute Gasteiger partial charge is 0.225 e. The van der Waals surface area contributed by atoms with Crippen LogP contribution in [-0.4, -0.2) is 61.9 Å². The van der Waals surface area contributed by atoms with Gasteiger partial charge in [-0.3, -0.25) is 4.79 Å². The lowest BCUT2D eigenvalue weighted by atomic mass is 9.91. The third-order valence-electron chi connectivity index (χ3n) is 5.52. The quantitative estimate of drug-likeness (QED) is 0.859. The van der Waals surface area contributed by atoms with Gasteiger partial charge in [-0.05, 0) is 58.4 Å². The van der Waals surface area contributed by atoms with Crippen molar-refractivity contribution in [2.45, 2.75) is 70.1 Å².